The Morgan fingerprint density at radius 1 is 1.17 bits per heavy atom. The molecule has 1 N–H and O–H groups in total. The van der Waals surface area contributed by atoms with Crippen LogP contribution in [0.4, 0.5) is 19.4 Å². The summed E-state index contributed by atoms with van der Waals surface area (Å²) in [5, 5.41) is 10.7. The van der Waals surface area contributed by atoms with Crippen molar-refractivity contribution in [1.82, 2.24) is 24.8 Å². The van der Waals surface area contributed by atoms with Gasteiger partial charge in [0.1, 0.15) is 35.6 Å². The van der Waals surface area contributed by atoms with Crippen molar-refractivity contribution in [2.24, 2.45) is 5.92 Å². The van der Waals surface area contributed by atoms with E-state index in [9.17, 15) is 14.3 Å². The van der Waals surface area contributed by atoms with Gasteiger partial charge in [-0.2, -0.15) is 9.97 Å². The summed E-state index contributed by atoms with van der Waals surface area (Å²) in [6.45, 7) is 4.31. The highest BCUT2D eigenvalue weighted by atomic mass is 35.5. The van der Waals surface area contributed by atoms with Crippen molar-refractivity contribution in [1.29, 1.82) is 0 Å². The van der Waals surface area contributed by atoms with Gasteiger partial charge in [0.25, 0.3) is 0 Å². The quantitative estimate of drug-likeness (QED) is 0.274. The number of fused-ring (bicyclic) bond motifs is 4. The average molecular weight is 685 g/mol. The summed E-state index contributed by atoms with van der Waals surface area (Å²) in [4.78, 5) is 31.8. The van der Waals surface area contributed by atoms with Gasteiger partial charge in [0.05, 0.1) is 23.0 Å². The van der Waals surface area contributed by atoms with Gasteiger partial charge in [0.15, 0.2) is 12.6 Å². The van der Waals surface area contributed by atoms with Crippen molar-refractivity contribution in [2.45, 2.75) is 75.2 Å². The molecule has 6 atom stereocenters. The molecule has 1 aliphatic carbocycles. The Balaban J connectivity index is 1.23. The fraction of sp³-hybridized carbons (Fsp3) is 0.588. The number of nitrogens with zero attached hydrogens (tertiary/aromatic N) is 6. The Morgan fingerprint density at radius 3 is 2.65 bits per heavy atom. The molecule has 1 saturated carbocycles. The zero-order valence-corrected chi connectivity index (χ0v) is 27.8. The molecule has 0 spiro atoms. The van der Waals surface area contributed by atoms with Gasteiger partial charge in [-0.15, -0.1) is 0 Å². The Hall–Kier alpha value is -3.55. The third-order valence-corrected chi connectivity index (χ3v) is 11.4. The summed E-state index contributed by atoms with van der Waals surface area (Å²) in [7, 11) is 1.52. The molecule has 256 valence electrons. The molecule has 0 unspecified atom stereocenters. The fourth-order valence-electron chi connectivity index (χ4n) is 8.65. The van der Waals surface area contributed by atoms with E-state index in [4.69, 9.17) is 30.8 Å². The van der Waals surface area contributed by atoms with Crippen molar-refractivity contribution in [3.8, 4) is 23.0 Å². The number of amides is 1. The molecule has 3 aromatic rings. The number of methoxy groups -OCH3 is 1. The van der Waals surface area contributed by atoms with E-state index in [2.05, 4.69) is 21.8 Å². The molecule has 6 heterocycles. The molecular formula is C34H39ClF2N6O5. The Kier molecular flexibility index (Phi) is 7.99. The number of alkyl halides is 1. The molecule has 14 heteroatoms. The molecule has 11 nitrogen and oxygen atoms in total. The summed E-state index contributed by atoms with van der Waals surface area (Å²) < 4.78 is 48.6. The van der Waals surface area contributed by atoms with Gasteiger partial charge in [0.2, 0.25) is 0 Å². The summed E-state index contributed by atoms with van der Waals surface area (Å²) in [6, 6.07) is 3.04. The predicted molar refractivity (Wildman–Crippen MR) is 174 cm³/mol. The number of hydrogen-bond acceptors (Lipinski definition) is 9. The number of benzene rings is 1. The molecule has 48 heavy (non-hydrogen) atoms. The minimum atomic E-state index is -0.935. The van der Waals surface area contributed by atoms with E-state index >= 15 is 4.39 Å². The molecule has 5 aliphatic rings. The maximum absolute atomic E-state index is 17.0. The molecular weight excluding hydrogens is 646 g/mol. The first-order valence-electron chi connectivity index (χ1n) is 16.8. The van der Waals surface area contributed by atoms with Gasteiger partial charge in [-0.1, -0.05) is 18.5 Å². The van der Waals surface area contributed by atoms with Gasteiger partial charge in [-0.05, 0) is 68.2 Å². The summed E-state index contributed by atoms with van der Waals surface area (Å²) in [5.41, 5.74) is 1.02. The third-order valence-electron chi connectivity index (χ3n) is 11.1. The smallest absolute Gasteiger partial charge is 0.407 e. The van der Waals surface area contributed by atoms with Crippen molar-refractivity contribution < 1.29 is 32.9 Å². The van der Waals surface area contributed by atoms with Crippen LogP contribution in [-0.4, -0.2) is 106 Å². The number of piperazine rings is 1. The molecule has 1 amide bonds. The van der Waals surface area contributed by atoms with Gasteiger partial charge in [-0.3, -0.25) is 14.8 Å². The van der Waals surface area contributed by atoms with Crippen LogP contribution in [0.3, 0.4) is 0 Å². The minimum Gasteiger partial charge on any atom is -0.467 e. The first kappa shape index (κ1) is 31.7. The van der Waals surface area contributed by atoms with Crippen LogP contribution in [0.5, 0.6) is 11.8 Å². The molecule has 4 aliphatic heterocycles. The summed E-state index contributed by atoms with van der Waals surface area (Å²) >= 11 is 6.81. The van der Waals surface area contributed by atoms with Crippen LogP contribution in [0.1, 0.15) is 56.9 Å². The highest BCUT2D eigenvalue weighted by Crippen LogP contribution is 2.53. The van der Waals surface area contributed by atoms with E-state index in [1.165, 1.54) is 12.0 Å². The minimum absolute atomic E-state index is 0.000928. The first-order chi connectivity index (χ1) is 23.2. The Bertz CT molecular complexity index is 1750. The van der Waals surface area contributed by atoms with Gasteiger partial charge in [0, 0.05) is 49.9 Å². The van der Waals surface area contributed by atoms with Crippen LogP contribution in [0.15, 0.2) is 18.3 Å². The fourth-order valence-corrected chi connectivity index (χ4v) is 9.00. The van der Waals surface area contributed by atoms with E-state index in [1.54, 1.807) is 18.3 Å². The van der Waals surface area contributed by atoms with Crippen LogP contribution >= 0.6 is 11.6 Å². The molecule has 4 saturated heterocycles. The number of anilines is 1. The lowest BCUT2D eigenvalue weighted by atomic mass is 9.95. The van der Waals surface area contributed by atoms with Crippen molar-refractivity contribution >= 4 is 34.4 Å². The molecule has 5 fully saturated rings. The van der Waals surface area contributed by atoms with E-state index < -0.39 is 23.6 Å². The topological polar surface area (TPSA) is 113 Å². The molecule has 1 aromatic carbocycles. The lowest BCUT2D eigenvalue weighted by Gasteiger charge is -2.40. The number of halogens is 3. The number of aromatic nitrogens is 3. The zero-order valence-electron chi connectivity index (χ0n) is 27.0. The Labute approximate surface area is 282 Å². The lowest BCUT2D eigenvalue weighted by Crippen LogP contribution is -2.55. The number of carbonyl (C=O) groups is 1. The van der Waals surface area contributed by atoms with Crippen molar-refractivity contribution in [3.05, 3.63) is 34.7 Å². The predicted octanol–water partition coefficient (Wildman–Crippen LogP) is 5.88. The SMILES string of the molecule is COCOc1cc(Cl)c([C@H]2C[C@H]2C)c(-c2ncc3c(N4C[C@H]5CC[C@@H](C4)N5C(=O)O)nc(OC[C@@]45CCCN4C[C@H](F)C5)nc3c2F)c1. The van der Waals surface area contributed by atoms with Gasteiger partial charge >= 0.3 is 12.1 Å². The maximum Gasteiger partial charge on any atom is 0.407 e. The molecule has 2 bridgehead atoms. The summed E-state index contributed by atoms with van der Waals surface area (Å²) in [6.07, 6.45) is 4.27. The van der Waals surface area contributed by atoms with E-state index in [-0.39, 0.29) is 48.6 Å². The number of hydrogen-bond donors (Lipinski definition) is 1. The molecule has 0 radical (unpaired) electrons. The number of pyridine rings is 1. The van der Waals surface area contributed by atoms with Crippen LogP contribution < -0.4 is 14.4 Å². The van der Waals surface area contributed by atoms with Crippen LogP contribution in [0.25, 0.3) is 22.2 Å². The van der Waals surface area contributed by atoms with Crippen LogP contribution in [-0.2, 0) is 4.74 Å². The summed E-state index contributed by atoms with van der Waals surface area (Å²) in [5.74, 6) is 0.765. The van der Waals surface area contributed by atoms with Crippen LogP contribution in [0, 0.1) is 11.7 Å². The standard InChI is InChI=1S/C34H39ClF2N6O5/c1-18-8-23(18)27-24(9-22(10-26(27)35)48-17-46-2)29-28(37)30-25(12-38-29)31(41-14-20-4-5-21(15-41)43(20)33(44)45)40-32(39-30)47-16-34-6-3-7-42(34)13-19(36)11-34/h9-10,12,18-21,23H,3-8,11,13-17H2,1-2H3,(H,44,45)/t18-,19-,20-,21+,23+,34+/m1/s1. The van der Waals surface area contributed by atoms with Crippen LogP contribution in [0.2, 0.25) is 5.02 Å². The Morgan fingerprint density at radius 2 is 1.94 bits per heavy atom. The maximum atomic E-state index is 17.0. The average Bonchev–Trinajstić information content (AvgIpc) is 3.35. The second-order valence-electron chi connectivity index (χ2n) is 14.1. The number of ether oxygens (including phenoxy) is 3. The van der Waals surface area contributed by atoms with E-state index in [1.807, 2.05) is 4.90 Å². The van der Waals surface area contributed by atoms with Crippen molar-refractivity contribution in [3.63, 3.8) is 0 Å². The second kappa shape index (κ2) is 12.1. The molecule has 2 aromatic heterocycles. The first-order valence-corrected chi connectivity index (χ1v) is 17.1. The second-order valence-corrected chi connectivity index (χ2v) is 14.5. The normalized spacial score (nSPS) is 29.5. The molecule has 8 rings (SSSR count). The largest absolute Gasteiger partial charge is 0.467 e. The van der Waals surface area contributed by atoms with Crippen molar-refractivity contribution in [2.75, 3.05) is 51.6 Å². The third kappa shape index (κ3) is 5.38. The zero-order chi connectivity index (χ0) is 33.3. The highest BCUT2D eigenvalue weighted by molar-refractivity contribution is 6.32. The van der Waals surface area contributed by atoms with E-state index in [0.717, 1.165) is 44.2 Å². The lowest BCUT2D eigenvalue weighted by molar-refractivity contribution is 0.0511. The number of carboxylic acid groups (broad SMARTS) is 1. The van der Waals surface area contributed by atoms with Gasteiger partial charge in [-0.25, -0.2) is 13.6 Å². The monoisotopic (exact) mass is 684 g/mol. The number of rotatable bonds is 9. The van der Waals surface area contributed by atoms with E-state index in [0.29, 0.717) is 59.5 Å². The highest BCUT2D eigenvalue weighted by Gasteiger charge is 2.50. The van der Waals surface area contributed by atoms with Gasteiger partial charge < -0.3 is 24.2 Å².